The number of thiophene rings is 1. The summed E-state index contributed by atoms with van der Waals surface area (Å²) in [6.07, 6.45) is -9.11. The molecule has 5 heterocycles. The normalized spacial score (nSPS) is 23.5. The van der Waals surface area contributed by atoms with Crippen molar-refractivity contribution in [1.29, 1.82) is 5.26 Å². The second-order valence-electron chi connectivity index (χ2n) is 14.4. The zero-order chi connectivity index (χ0) is 38.5. The maximum Gasteiger partial charge on any atom is 0.419 e. The molecular weight excluding hydrogens is 746 g/mol. The lowest BCUT2D eigenvalue weighted by Crippen LogP contribution is -2.43. The third-order valence-electron chi connectivity index (χ3n) is 11.1. The molecule has 8 rings (SSSR count). The van der Waals surface area contributed by atoms with Gasteiger partial charge in [0.25, 0.3) is 0 Å². The summed E-state index contributed by atoms with van der Waals surface area (Å²) in [5.41, 5.74) is -1.84. The first kappa shape index (κ1) is 36.5. The first-order chi connectivity index (χ1) is 25.5. The van der Waals surface area contributed by atoms with E-state index in [1.807, 2.05) is 4.90 Å². The molecular formula is C36H33F8N7O2S. The second-order valence-corrected chi connectivity index (χ2v) is 15.5. The molecule has 0 spiro atoms. The van der Waals surface area contributed by atoms with Gasteiger partial charge in [-0.25, -0.2) is 8.78 Å². The highest BCUT2D eigenvalue weighted by molar-refractivity contribution is 7.23. The fraction of sp³-hybridized carbons (Fsp3) is 0.500. The topological polar surface area (TPSA) is 112 Å². The number of benzene rings is 2. The van der Waals surface area contributed by atoms with Crippen LogP contribution in [0.1, 0.15) is 62.1 Å². The number of carbonyl (C=O) groups is 1. The van der Waals surface area contributed by atoms with Gasteiger partial charge < -0.3 is 20.3 Å². The molecule has 1 aliphatic carbocycles. The molecule has 9 nitrogen and oxygen atoms in total. The number of hydrogen-bond donors (Lipinski definition) is 1. The van der Waals surface area contributed by atoms with E-state index in [1.54, 1.807) is 17.9 Å². The van der Waals surface area contributed by atoms with E-state index in [2.05, 4.69) is 9.97 Å². The third kappa shape index (κ3) is 5.94. The summed E-state index contributed by atoms with van der Waals surface area (Å²) in [5, 5.41) is 8.50. The van der Waals surface area contributed by atoms with Crippen molar-refractivity contribution in [1.82, 2.24) is 19.8 Å². The first-order valence-corrected chi connectivity index (χ1v) is 18.4. The van der Waals surface area contributed by atoms with Gasteiger partial charge in [0.2, 0.25) is 5.91 Å². The van der Waals surface area contributed by atoms with Crippen molar-refractivity contribution in [2.45, 2.75) is 81.6 Å². The highest BCUT2D eigenvalue weighted by Crippen LogP contribution is 2.52. The van der Waals surface area contributed by atoms with Crippen LogP contribution in [-0.4, -0.2) is 82.3 Å². The highest BCUT2D eigenvalue weighted by Gasteiger charge is 2.50. The smallest absolute Gasteiger partial charge is 0.419 e. The fourth-order valence-electron chi connectivity index (χ4n) is 8.69. The zero-order valence-electron chi connectivity index (χ0n) is 28.8. The van der Waals surface area contributed by atoms with Crippen LogP contribution in [0, 0.1) is 17.1 Å². The molecule has 2 aromatic carbocycles. The molecule has 2 aromatic heterocycles. The summed E-state index contributed by atoms with van der Waals surface area (Å²) in [7, 11) is 0. The van der Waals surface area contributed by atoms with Gasteiger partial charge in [-0.15, -0.1) is 11.3 Å². The second kappa shape index (κ2) is 12.8. The van der Waals surface area contributed by atoms with Gasteiger partial charge in [-0.3, -0.25) is 9.69 Å². The number of nitrogens with two attached hydrogens (primary N) is 1. The van der Waals surface area contributed by atoms with Crippen molar-refractivity contribution in [3.8, 4) is 23.2 Å². The van der Waals surface area contributed by atoms with E-state index >= 15 is 30.7 Å². The minimum Gasteiger partial charge on any atom is -0.461 e. The predicted molar refractivity (Wildman–Crippen MR) is 184 cm³/mol. The Kier molecular flexibility index (Phi) is 8.64. The number of nitrogen functional groups attached to an aromatic ring is 1. The largest absolute Gasteiger partial charge is 0.461 e. The minimum atomic E-state index is -5.51. The fourth-order valence-corrected chi connectivity index (χ4v) is 9.64. The lowest BCUT2D eigenvalue weighted by atomic mass is 9.88. The van der Waals surface area contributed by atoms with Crippen molar-refractivity contribution in [2.75, 3.05) is 43.4 Å². The molecule has 0 unspecified atom stereocenters. The van der Waals surface area contributed by atoms with Crippen LogP contribution in [0.5, 0.6) is 6.01 Å². The molecule has 0 bridgehead atoms. The molecule has 4 fully saturated rings. The van der Waals surface area contributed by atoms with Gasteiger partial charge in [0.1, 0.15) is 35.5 Å². The molecule has 3 saturated heterocycles. The molecule has 3 atom stereocenters. The number of hydrogen-bond acceptors (Lipinski definition) is 9. The standard InChI is InChI=1S/C36H33F8N7O2S/c1-2-50(19-10-25(52)51(15-19)18-4-5-18)32-21-11-23(35(39,40)41)27(20-6-7-24(38)30-26(20)22(13-45)31(46)54-30)28(36(42,43)44)29(21)47-33(48-32)53-16-34-8-3-9-49(34)14-17(37)12-34/h6-7,11,17-19H,2-5,8-10,12,14-16,46H2,1H3/t17-,19+,34+/m1/s1. The number of amides is 1. The maximum absolute atomic E-state index is 15.7. The van der Waals surface area contributed by atoms with E-state index in [1.165, 1.54) is 4.90 Å². The zero-order valence-corrected chi connectivity index (χ0v) is 29.6. The Morgan fingerprint density at radius 1 is 1.15 bits per heavy atom. The molecule has 4 aliphatic rings. The number of halogens is 8. The number of nitrogens with zero attached hydrogens (tertiary/aromatic N) is 6. The van der Waals surface area contributed by atoms with Gasteiger partial charge in [0.15, 0.2) is 0 Å². The van der Waals surface area contributed by atoms with Gasteiger partial charge in [0, 0.05) is 54.9 Å². The number of fused-ring (bicyclic) bond motifs is 3. The van der Waals surface area contributed by atoms with Gasteiger partial charge >= 0.3 is 18.4 Å². The number of alkyl halides is 7. The lowest BCUT2D eigenvalue weighted by molar-refractivity contribution is -0.141. The Hall–Kier alpha value is -4.50. The van der Waals surface area contributed by atoms with Crippen LogP contribution >= 0.6 is 11.3 Å². The van der Waals surface area contributed by atoms with Crippen molar-refractivity contribution in [3.63, 3.8) is 0 Å². The van der Waals surface area contributed by atoms with Crippen LogP contribution in [0.4, 0.5) is 45.9 Å². The van der Waals surface area contributed by atoms with Crippen LogP contribution in [-0.2, 0) is 17.1 Å². The van der Waals surface area contributed by atoms with Gasteiger partial charge in [-0.2, -0.15) is 41.6 Å². The number of rotatable bonds is 8. The van der Waals surface area contributed by atoms with E-state index in [0.29, 0.717) is 30.4 Å². The van der Waals surface area contributed by atoms with Gasteiger partial charge in [0.05, 0.1) is 38.5 Å². The summed E-state index contributed by atoms with van der Waals surface area (Å²) in [6.45, 7) is 2.46. The molecule has 1 saturated carbocycles. The molecule has 4 aromatic rings. The van der Waals surface area contributed by atoms with Crippen LogP contribution < -0.4 is 15.4 Å². The Morgan fingerprint density at radius 2 is 1.91 bits per heavy atom. The average molecular weight is 780 g/mol. The molecule has 1 amide bonds. The Labute approximate surface area is 307 Å². The number of ether oxygens (including phenoxy) is 1. The number of likely N-dealkylation sites (N-methyl/N-ethyl adjacent to an activating group) is 1. The molecule has 18 heteroatoms. The summed E-state index contributed by atoms with van der Waals surface area (Å²) in [6, 6.07) is 2.55. The molecule has 286 valence electrons. The molecule has 3 aliphatic heterocycles. The van der Waals surface area contributed by atoms with Crippen molar-refractivity contribution in [3.05, 3.63) is 40.7 Å². The SMILES string of the molecule is CCN(c1nc(OC[C@@]23CCCN2C[C@H](F)C3)nc2c(C(F)(F)F)c(-c3ccc(F)c4sc(N)c(C#N)c34)c(C(F)(F)F)cc12)[C@H]1CC(=O)N(C2CC2)C1. The van der Waals surface area contributed by atoms with Crippen molar-refractivity contribution < 1.29 is 44.7 Å². The summed E-state index contributed by atoms with van der Waals surface area (Å²) < 4.78 is 128. The van der Waals surface area contributed by atoms with Crippen molar-refractivity contribution in [2.24, 2.45) is 0 Å². The number of nitriles is 1. The highest BCUT2D eigenvalue weighted by atomic mass is 32.1. The molecule has 0 radical (unpaired) electrons. The minimum absolute atomic E-state index is 0.0230. The van der Waals surface area contributed by atoms with E-state index < -0.39 is 86.0 Å². The Morgan fingerprint density at radius 3 is 2.57 bits per heavy atom. The van der Waals surface area contributed by atoms with E-state index in [-0.39, 0.29) is 66.6 Å². The van der Waals surface area contributed by atoms with Crippen LogP contribution in [0.3, 0.4) is 0 Å². The Bertz CT molecular complexity index is 2230. The van der Waals surface area contributed by atoms with Gasteiger partial charge in [-0.1, -0.05) is 6.07 Å². The maximum atomic E-state index is 15.7. The summed E-state index contributed by atoms with van der Waals surface area (Å²) in [5.74, 6) is -1.47. The summed E-state index contributed by atoms with van der Waals surface area (Å²) >= 11 is 0.531. The average Bonchev–Trinajstić information content (AvgIpc) is 3.46. The molecule has 2 N–H and O–H groups in total. The van der Waals surface area contributed by atoms with E-state index in [9.17, 15) is 14.4 Å². The Balaban J connectivity index is 1.41. The quantitative estimate of drug-likeness (QED) is 0.181. The molecule has 54 heavy (non-hydrogen) atoms. The number of aromatic nitrogens is 2. The lowest BCUT2D eigenvalue weighted by Gasteiger charge is -2.32. The van der Waals surface area contributed by atoms with Crippen LogP contribution in [0.2, 0.25) is 0 Å². The van der Waals surface area contributed by atoms with Crippen LogP contribution in [0.25, 0.3) is 32.1 Å². The monoisotopic (exact) mass is 779 g/mol. The summed E-state index contributed by atoms with van der Waals surface area (Å²) in [4.78, 5) is 26.8. The van der Waals surface area contributed by atoms with E-state index in [0.717, 1.165) is 31.4 Å². The first-order valence-electron chi connectivity index (χ1n) is 17.6. The van der Waals surface area contributed by atoms with Gasteiger partial charge in [-0.05, 0) is 56.8 Å². The number of anilines is 2. The third-order valence-corrected chi connectivity index (χ3v) is 12.2. The van der Waals surface area contributed by atoms with Crippen LogP contribution in [0.15, 0.2) is 18.2 Å². The number of carbonyl (C=O) groups excluding carboxylic acids is 1. The predicted octanol–water partition coefficient (Wildman–Crippen LogP) is 7.69. The van der Waals surface area contributed by atoms with E-state index in [4.69, 9.17) is 10.5 Å². The number of likely N-dealkylation sites (tertiary alicyclic amines) is 1. The van der Waals surface area contributed by atoms with Crippen molar-refractivity contribution >= 4 is 49.1 Å².